The van der Waals surface area contributed by atoms with Crippen molar-refractivity contribution in [3.8, 4) is 0 Å². The second-order valence-corrected chi connectivity index (χ2v) is 10.2. The summed E-state index contributed by atoms with van der Waals surface area (Å²) in [6, 6.07) is 3.14. The van der Waals surface area contributed by atoms with Crippen LogP contribution in [0.15, 0.2) is 22.6 Å². The fraction of sp³-hybridized carbons (Fsp3) is 0.550. The molecule has 2 unspecified atom stereocenters. The molecule has 1 saturated heterocycles. The van der Waals surface area contributed by atoms with Gasteiger partial charge in [0.2, 0.25) is 5.76 Å². The summed E-state index contributed by atoms with van der Waals surface area (Å²) in [5.41, 5.74) is -0.294. The lowest BCUT2D eigenvalue weighted by Gasteiger charge is -2.31. The van der Waals surface area contributed by atoms with Gasteiger partial charge in [0.25, 0.3) is 5.91 Å². The number of fused-ring (bicyclic) bond motifs is 3. The number of alkyl halides is 3. The number of carbonyl (C=O) groups excluding carboxylic acids is 1. The lowest BCUT2D eigenvalue weighted by Crippen LogP contribution is -2.41. The van der Waals surface area contributed by atoms with Gasteiger partial charge in [-0.25, -0.2) is 8.42 Å². The maximum absolute atomic E-state index is 13.2. The van der Waals surface area contributed by atoms with Crippen LogP contribution in [0, 0.1) is 0 Å². The molecule has 2 atom stereocenters. The molecule has 1 fully saturated rings. The molecule has 4 rings (SSSR count). The minimum atomic E-state index is -4.52. The molecule has 12 heteroatoms. The molecule has 1 amide bonds. The van der Waals surface area contributed by atoms with Gasteiger partial charge in [0, 0.05) is 31.3 Å². The van der Waals surface area contributed by atoms with Crippen molar-refractivity contribution in [3.05, 3.63) is 29.5 Å². The van der Waals surface area contributed by atoms with Gasteiger partial charge < -0.3 is 24.1 Å². The van der Waals surface area contributed by atoms with Crippen molar-refractivity contribution < 1.29 is 40.3 Å². The quantitative estimate of drug-likeness (QED) is 0.707. The first-order valence-corrected chi connectivity index (χ1v) is 12.1. The van der Waals surface area contributed by atoms with Gasteiger partial charge in [0.05, 0.1) is 42.4 Å². The van der Waals surface area contributed by atoms with Crippen LogP contribution in [-0.2, 0) is 25.5 Å². The standard InChI is InChI=1S/C20H23F3N2O6S/c1-32(27,28)11-14-10-29-13(9-30-14)4-6-25-7-5-24-19(26)18-17(25)15-8-12(20(21,22)23)2-3-16(15)31-18/h2-3,8,13-14H,4-7,9-11H2,1H3,(H,24,26). The summed E-state index contributed by atoms with van der Waals surface area (Å²) in [4.78, 5) is 14.2. The van der Waals surface area contributed by atoms with E-state index in [0.717, 1.165) is 18.4 Å². The molecule has 2 aliphatic rings. The molecular weight excluding hydrogens is 453 g/mol. The fourth-order valence-electron chi connectivity index (χ4n) is 3.93. The Morgan fingerprint density at radius 1 is 1.19 bits per heavy atom. The minimum absolute atomic E-state index is 0.0224. The van der Waals surface area contributed by atoms with Gasteiger partial charge in [0.15, 0.2) is 0 Å². The Bertz CT molecular complexity index is 1110. The molecule has 0 aliphatic carbocycles. The first kappa shape index (κ1) is 22.9. The molecule has 2 aliphatic heterocycles. The third-order valence-corrected chi connectivity index (χ3v) is 6.40. The fourth-order valence-corrected chi connectivity index (χ4v) is 4.80. The first-order valence-electron chi connectivity index (χ1n) is 10.1. The maximum atomic E-state index is 13.2. The van der Waals surface area contributed by atoms with Crippen molar-refractivity contribution in [3.63, 3.8) is 0 Å². The van der Waals surface area contributed by atoms with Crippen LogP contribution < -0.4 is 10.2 Å². The predicted octanol–water partition coefficient (Wildman–Crippen LogP) is 2.22. The molecule has 176 valence electrons. The smallest absolute Gasteiger partial charge is 0.416 e. The Morgan fingerprint density at radius 2 is 1.91 bits per heavy atom. The number of nitrogens with one attached hydrogen (secondary N) is 1. The minimum Gasteiger partial charge on any atom is -0.449 e. The molecule has 2 aromatic rings. The summed E-state index contributed by atoms with van der Waals surface area (Å²) >= 11 is 0. The average Bonchev–Trinajstić information content (AvgIpc) is 3.01. The Kier molecular flexibility index (Phi) is 6.12. The molecule has 3 heterocycles. The van der Waals surface area contributed by atoms with Crippen molar-refractivity contribution in [2.45, 2.75) is 24.8 Å². The van der Waals surface area contributed by atoms with E-state index in [4.69, 9.17) is 13.9 Å². The third-order valence-electron chi connectivity index (χ3n) is 5.42. The number of benzene rings is 1. The maximum Gasteiger partial charge on any atom is 0.416 e. The number of hydrogen-bond donors (Lipinski definition) is 1. The molecule has 8 nitrogen and oxygen atoms in total. The van der Waals surface area contributed by atoms with Crippen molar-refractivity contribution in [2.24, 2.45) is 0 Å². The molecule has 1 aromatic carbocycles. The largest absolute Gasteiger partial charge is 0.449 e. The van der Waals surface area contributed by atoms with Gasteiger partial charge in [-0.3, -0.25) is 4.79 Å². The predicted molar refractivity (Wildman–Crippen MR) is 110 cm³/mol. The number of nitrogens with zero attached hydrogens (tertiary/aromatic N) is 1. The molecule has 0 saturated carbocycles. The highest BCUT2D eigenvalue weighted by atomic mass is 32.2. The summed E-state index contributed by atoms with van der Waals surface area (Å²) in [6.07, 6.45) is -3.73. The first-order chi connectivity index (χ1) is 15.0. The topological polar surface area (TPSA) is 98.1 Å². The number of anilines is 1. The lowest BCUT2D eigenvalue weighted by atomic mass is 10.1. The molecule has 1 aromatic heterocycles. The van der Waals surface area contributed by atoms with E-state index < -0.39 is 33.6 Å². The highest BCUT2D eigenvalue weighted by Crippen LogP contribution is 2.39. The number of hydrogen-bond acceptors (Lipinski definition) is 7. The van der Waals surface area contributed by atoms with E-state index in [9.17, 15) is 26.4 Å². The molecule has 0 spiro atoms. The van der Waals surface area contributed by atoms with Gasteiger partial charge in [0.1, 0.15) is 15.4 Å². The highest BCUT2D eigenvalue weighted by Gasteiger charge is 2.34. The number of furan rings is 1. The Labute approximate surface area is 182 Å². The summed E-state index contributed by atoms with van der Waals surface area (Å²) in [6.45, 7) is 1.43. The number of carbonyl (C=O) groups is 1. The number of amides is 1. The normalized spacial score (nSPS) is 22.5. The van der Waals surface area contributed by atoms with E-state index in [-0.39, 0.29) is 41.8 Å². The summed E-state index contributed by atoms with van der Waals surface area (Å²) in [5.74, 6) is -0.620. The molecule has 32 heavy (non-hydrogen) atoms. The lowest BCUT2D eigenvalue weighted by molar-refractivity contribution is -0.137. The molecule has 0 radical (unpaired) electrons. The number of halogens is 3. The van der Waals surface area contributed by atoms with E-state index in [1.54, 1.807) is 0 Å². The van der Waals surface area contributed by atoms with E-state index in [1.807, 2.05) is 4.90 Å². The number of rotatable bonds is 5. The van der Waals surface area contributed by atoms with Crippen LogP contribution in [0.1, 0.15) is 22.5 Å². The van der Waals surface area contributed by atoms with Crippen LogP contribution in [-0.4, -0.2) is 71.4 Å². The summed E-state index contributed by atoms with van der Waals surface area (Å²) in [5, 5.41) is 2.92. The number of ether oxygens (including phenoxy) is 2. The zero-order chi connectivity index (χ0) is 23.1. The van der Waals surface area contributed by atoms with Gasteiger partial charge in [-0.1, -0.05) is 0 Å². The summed E-state index contributed by atoms with van der Waals surface area (Å²) < 4.78 is 79.5. The van der Waals surface area contributed by atoms with Crippen molar-refractivity contribution in [1.29, 1.82) is 0 Å². The second-order valence-electron chi connectivity index (χ2n) is 8.02. The van der Waals surface area contributed by atoms with Crippen LogP contribution in [0.4, 0.5) is 18.9 Å². The Hall–Kier alpha value is -2.31. The molecule has 0 bridgehead atoms. The zero-order valence-corrected chi connectivity index (χ0v) is 18.1. The zero-order valence-electron chi connectivity index (χ0n) is 17.3. The van der Waals surface area contributed by atoms with Crippen LogP contribution in [0.5, 0.6) is 0 Å². The average molecular weight is 476 g/mol. The van der Waals surface area contributed by atoms with Gasteiger partial charge in [-0.15, -0.1) is 0 Å². The summed E-state index contributed by atoms with van der Waals surface area (Å²) in [7, 11) is -3.18. The Balaban J connectivity index is 1.52. The van der Waals surface area contributed by atoms with Crippen molar-refractivity contribution in [2.75, 3.05) is 49.8 Å². The van der Waals surface area contributed by atoms with Gasteiger partial charge in [-0.2, -0.15) is 13.2 Å². The van der Waals surface area contributed by atoms with Gasteiger partial charge in [-0.05, 0) is 24.6 Å². The van der Waals surface area contributed by atoms with E-state index in [0.29, 0.717) is 31.7 Å². The number of sulfone groups is 1. The van der Waals surface area contributed by atoms with Crippen LogP contribution in [0.2, 0.25) is 0 Å². The second kappa shape index (κ2) is 8.56. The highest BCUT2D eigenvalue weighted by molar-refractivity contribution is 7.90. The van der Waals surface area contributed by atoms with Crippen LogP contribution in [0.3, 0.4) is 0 Å². The van der Waals surface area contributed by atoms with E-state index >= 15 is 0 Å². The van der Waals surface area contributed by atoms with Crippen LogP contribution >= 0.6 is 0 Å². The van der Waals surface area contributed by atoms with Gasteiger partial charge >= 0.3 is 6.18 Å². The van der Waals surface area contributed by atoms with Crippen molar-refractivity contribution in [1.82, 2.24) is 5.32 Å². The third kappa shape index (κ3) is 5.02. The van der Waals surface area contributed by atoms with Crippen LogP contribution in [0.25, 0.3) is 11.0 Å². The monoisotopic (exact) mass is 476 g/mol. The van der Waals surface area contributed by atoms with E-state index in [2.05, 4.69) is 5.32 Å². The van der Waals surface area contributed by atoms with E-state index in [1.165, 1.54) is 6.07 Å². The molecule has 1 N–H and O–H groups in total. The molecular formula is C20H23F3N2O6S. The Morgan fingerprint density at radius 3 is 2.56 bits per heavy atom. The SMILES string of the molecule is CS(=O)(=O)CC1COC(CCN2CCNC(=O)c3oc4ccc(C(F)(F)F)cc4c32)CO1. The van der Waals surface area contributed by atoms with Crippen molar-refractivity contribution >= 4 is 32.4 Å².